The summed E-state index contributed by atoms with van der Waals surface area (Å²) in [7, 11) is 1.27. The summed E-state index contributed by atoms with van der Waals surface area (Å²) < 4.78 is 29.7. The number of rotatable bonds is 2. The van der Waals surface area contributed by atoms with E-state index in [4.69, 9.17) is 8.97 Å². The van der Waals surface area contributed by atoms with E-state index in [9.17, 15) is 9.00 Å². The average Bonchev–Trinajstić information content (AvgIpc) is 2.75. The molecule has 1 atom stereocenters. The van der Waals surface area contributed by atoms with Crippen LogP contribution in [0.3, 0.4) is 0 Å². The van der Waals surface area contributed by atoms with Gasteiger partial charge in [0.1, 0.15) is 4.90 Å². The van der Waals surface area contributed by atoms with E-state index in [1.54, 1.807) is 6.07 Å². The number of methoxy groups -OCH3 is 1. The number of fused-ring (bicyclic) bond motifs is 1. The summed E-state index contributed by atoms with van der Waals surface area (Å²) in [6.07, 6.45) is 1.35. The lowest BCUT2D eigenvalue weighted by atomic mass is 10.1. The fourth-order valence-corrected chi connectivity index (χ4v) is 1.96. The van der Waals surface area contributed by atoms with Crippen LogP contribution in [0.25, 0.3) is 11.0 Å². The Hall–Kier alpha value is -1.66. The average molecular weight is 240 g/mol. The van der Waals surface area contributed by atoms with Crippen molar-refractivity contribution in [3.05, 3.63) is 30.0 Å². The van der Waals surface area contributed by atoms with E-state index in [-0.39, 0.29) is 10.5 Å². The Kier molecular flexibility index (Phi) is 2.76. The first-order valence-corrected chi connectivity index (χ1v) is 5.45. The monoisotopic (exact) mass is 240 g/mol. The summed E-state index contributed by atoms with van der Waals surface area (Å²) in [6, 6.07) is 4.36. The van der Waals surface area contributed by atoms with Crippen molar-refractivity contribution in [3.63, 3.8) is 0 Å². The molecule has 0 bridgehead atoms. The Morgan fingerprint density at radius 1 is 1.44 bits per heavy atom. The normalized spacial score (nSPS) is 12.6. The van der Waals surface area contributed by atoms with E-state index in [0.717, 1.165) is 0 Å². The summed E-state index contributed by atoms with van der Waals surface area (Å²) >= 11 is -2.15. The van der Waals surface area contributed by atoms with Gasteiger partial charge in [-0.2, -0.15) is 0 Å². The Bertz CT molecular complexity index is 572. The lowest BCUT2D eigenvalue weighted by Gasteiger charge is -2.02. The quantitative estimate of drug-likeness (QED) is 0.639. The molecule has 1 aromatic carbocycles. The van der Waals surface area contributed by atoms with E-state index in [0.29, 0.717) is 10.9 Å². The lowest BCUT2D eigenvalue weighted by molar-refractivity contribution is 0.0603. The Balaban J connectivity index is 2.73. The topological polar surface area (TPSA) is 76.7 Å². The van der Waals surface area contributed by atoms with Crippen molar-refractivity contribution in [2.45, 2.75) is 4.90 Å². The number of hydrogen-bond acceptors (Lipinski definition) is 4. The molecule has 0 amide bonds. The number of benzene rings is 1. The number of furan rings is 1. The van der Waals surface area contributed by atoms with Gasteiger partial charge in [0.25, 0.3) is 0 Å². The van der Waals surface area contributed by atoms with Crippen molar-refractivity contribution in [2.75, 3.05) is 7.11 Å². The predicted molar refractivity (Wildman–Crippen MR) is 56.6 cm³/mol. The lowest BCUT2D eigenvalue weighted by Crippen LogP contribution is -2.02. The van der Waals surface area contributed by atoms with E-state index < -0.39 is 17.0 Å². The molecule has 0 saturated carbocycles. The summed E-state index contributed by atoms with van der Waals surface area (Å²) in [6.45, 7) is 0. The van der Waals surface area contributed by atoms with Gasteiger partial charge in [-0.15, -0.1) is 0 Å². The van der Waals surface area contributed by atoms with Gasteiger partial charge < -0.3 is 13.7 Å². The van der Waals surface area contributed by atoms with Gasteiger partial charge in [-0.1, -0.05) is 0 Å². The van der Waals surface area contributed by atoms with Crippen LogP contribution in [-0.4, -0.2) is 21.8 Å². The molecule has 1 unspecified atom stereocenters. The van der Waals surface area contributed by atoms with Crippen molar-refractivity contribution in [1.29, 1.82) is 0 Å². The maximum Gasteiger partial charge on any atom is 0.338 e. The molecule has 1 heterocycles. The van der Waals surface area contributed by atoms with Gasteiger partial charge in [0.2, 0.25) is 0 Å². The van der Waals surface area contributed by atoms with E-state index in [1.807, 2.05) is 0 Å². The summed E-state index contributed by atoms with van der Waals surface area (Å²) in [5, 5.41) is 0.465. The SMILES string of the molecule is COC(=O)c1ccc(S(=O)O)c2occc12. The number of carbonyl (C=O) groups excluding carboxylic acids is 1. The van der Waals surface area contributed by atoms with Crippen LogP contribution in [0.1, 0.15) is 10.4 Å². The highest BCUT2D eigenvalue weighted by Crippen LogP contribution is 2.26. The molecule has 0 saturated heterocycles. The molecule has 2 aromatic rings. The van der Waals surface area contributed by atoms with Crippen LogP contribution in [0, 0.1) is 0 Å². The van der Waals surface area contributed by atoms with Crippen molar-refractivity contribution in [1.82, 2.24) is 0 Å². The Morgan fingerprint density at radius 3 is 2.81 bits per heavy atom. The largest absolute Gasteiger partial charge is 0.465 e. The first-order valence-electron chi connectivity index (χ1n) is 4.34. The van der Waals surface area contributed by atoms with Gasteiger partial charge in [0, 0.05) is 5.39 Å². The third-order valence-electron chi connectivity index (χ3n) is 2.17. The van der Waals surface area contributed by atoms with Crippen LogP contribution in [-0.2, 0) is 15.8 Å². The minimum absolute atomic E-state index is 0.132. The van der Waals surface area contributed by atoms with Gasteiger partial charge in [-0.05, 0) is 18.2 Å². The zero-order valence-electron chi connectivity index (χ0n) is 8.30. The van der Waals surface area contributed by atoms with E-state index >= 15 is 0 Å². The Labute approximate surface area is 93.3 Å². The molecule has 0 fully saturated rings. The highest BCUT2D eigenvalue weighted by molar-refractivity contribution is 7.79. The predicted octanol–water partition coefficient (Wildman–Crippen LogP) is 1.80. The molecule has 5 nitrogen and oxygen atoms in total. The molecular weight excluding hydrogens is 232 g/mol. The molecule has 0 spiro atoms. The summed E-state index contributed by atoms with van der Waals surface area (Å²) in [4.78, 5) is 11.5. The second-order valence-electron chi connectivity index (χ2n) is 3.02. The first-order chi connectivity index (χ1) is 7.65. The smallest absolute Gasteiger partial charge is 0.338 e. The van der Waals surface area contributed by atoms with Crippen LogP contribution in [0.4, 0.5) is 0 Å². The van der Waals surface area contributed by atoms with Crippen molar-refractivity contribution >= 4 is 28.0 Å². The number of carbonyl (C=O) groups is 1. The molecule has 2 rings (SSSR count). The van der Waals surface area contributed by atoms with Crippen molar-refractivity contribution in [2.24, 2.45) is 0 Å². The minimum atomic E-state index is -2.15. The highest BCUT2D eigenvalue weighted by Gasteiger charge is 2.17. The fourth-order valence-electron chi connectivity index (χ4n) is 1.46. The maximum atomic E-state index is 11.4. The van der Waals surface area contributed by atoms with E-state index in [2.05, 4.69) is 4.74 Å². The molecule has 1 N–H and O–H groups in total. The molecular formula is C10H8O5S. The van der Waals surface area contributed by atoms with Crippen LogP contribution in [0.15, 0.2) is 33.8 Å². The van der Waals surface area contributed by atoms with Gasteiger partial charge >= 0.3 is 5.97 Å². The molecule has 6 heteroatoms. The molecule has 0 aliphatic rings. The zero-order chi connectivity index (χ0) is 11.7. The zero-order valence-corrected chi connectivity index (χ0v) is 9.11. The van der Waals surface area contributed by atoms with Gasteiger partial charge in [-0.3, -0.25) is 0 Å². The van der Waals surface area contributed by atoms with Crippen LogP contribution in [0.2, 0.25) is 0 Å². The molecule has 0 aliphatic heterocycles. The minimum Gasteiger partial charge on any atom is -0.465 e. The third-order valence-corrected chi connectivity index (χ3v) is 2.87. The van der Waals surface area contributed by atoms with Crippen LogP contribution >= 0.6 is 0 Å². The highest BCUT2D eigenvalue weighted by atomic mass is 32.2. The second kappa shape index (κ2) is 4.07. The number of hydrogen-bond donors (Lipinski definition) is 1. The maximum absolute atomic E-state index is 11.4. The van der Waals surface area contributed by atoms with Gasteiger partial charge in [0.05, 0.1) is 18.9 Å². The molecule has 1 aromatic heterocycles. The molecule has 16 heavy (non-hydrogen) atoms. The van der Waals surface area contributed by atoms with Gasteiger partial charge in [-0.25, -0.2) is 9.00 Å². The van der Waals surface area contributed by atoms with E-state index in [1.165, 1.54) is 25.5 Å². The summed E-state index contributed by atoms with van der Waals surface area (Å²) in [5.41, 5.74) is 0.532. The Morgan fingerprint density at radius 2 is 2.19 bits per heavy atom. The molecule has 84 valence electrons. The third kappa shape index (κ3) is 1.62. The number of esters is 1. The number of ether oxygens (including phenoxy) is 1. The fraction of sp³-hybridized carbons (Fsp3) is 0.100. The molecule has 0 radical (unpaired) electrons. The van der Waals surface area contributed by atoms with Crippen molar-refractivity contribution in [3.8, 4) is 0 Å². The standard InChI is InChI=1S/C10H8O5S/c1-14-10(11)7-2-3-8(16(12)13)9-6(7)4-5-15-9/h2-5H,1H3,(H,12,13). The first kappa shape index (κ1) is 10.8. The second-order valence-corrected chi connectivity index (χ2v) is 3.95. The van der Waals surface area contributed by atoms with Crippen molar-refractivity contribution < 1.29 is 22.7 Å². The van der Waals surface area contributed by atoms with Crippen LogP contribution < -0.4 is 0 Å². The van der Waals surface area contributed by atoms with Gasteiger partial charge in [0.15, 0.2) is 16.7 Å². The molecule has 0 aliphatic carbocycles. The summed E-state index contributed by atoms with van der Waals surface area (Å²) in [5.74, 6) is -0.512. The van der Waals surface area contributed by atoms with Crippen LogP contribution in [0.5, 0.6) is 0 Å².